The van der Waals surface area contributed by atoms with Crippen molar-refractivity contribution in [3.05, 3.63) is 201 Å². The number of aromatic hydroxyl groups is 2. The quantitative estimate of drug-likeness (QED) is 0.0219. The summed E-state index contributed by atoms with van der Waals surface area (Å²) in [7, 11) is -9.96. The molecular formula is C76H106O10Si5. The molecule has 0 fully saturated rings. The lowest BCUT2D eigenvalue weighted by Gasteiger charge is -2.37. The van der Waals surface area contributed by atoms with Crippen LogP contribution in [0.5, 0.6) is 23.0 Å². The van der Waals surface area contributed by atoms with Crippen LogP contribution in [0.15, 0.2) is 146 Å². The van der Waals surface area contributed by atoms with E-state index < -0.39 is 59.0 Å². The molecule has 10 nitrogen and oxygen atoms in total. The summed E-state index contributed by atoms with van der Waals surface area (Å²) in [6, 6.07) is 55.4. The average Bonchev–Trinajstić information content (AvgIpc) is 1.56. The molecule has 6 N–H and O–H groups in total. The van der Waals surface area contributed by atoms with Gasteiger partial charge in [-0.3, -0.25) is 0 Å². The first-order valence-corrected chi connectivity index (χ1v) is 49.1. The standard InChI is InChI=1S/C76H106O10Si5/c1-15-16-24-57-49-59(34-42-73(57)83-53-63(79)51-77)75(2,3)60-35-43-74(84-54-64(80)52-78)58(50-60)27-22-45-89(9,10)66-38-36-65(37-39-66)88(7,8)44-21-25-55-47-61(32-40-71(55)81)76(69-30-19-17-28-67(69)68-29-18-20-31-70(68)76)62-33-41-72(82)56(48-62)26-23-46-90(11,12)86-91(13,14)85-87(4,5)6/h17-20,28-43,47-50,63-64,77-82H,15-16,21-27,44-46,51-54H2,1-14H3. The van der Waals surface area contributed by atoms with Crippen LogP contribution in [0.2, 0.25) is 90.1 Å². The highest BCUT2D eigenvalue weighted by Gasteiger charge is 2.47. The van der Waals surface area contributed by atoms with Crippen LogP contribution >= 0.6 is 0 Å². The van der Waals surface area contributed by atoms with Crippen molar-refractivity contribution < 1.29 is 48.3 Å². The van der Waals surface area contributed by atoms with Gasteiger partial charge in [-0.1, -0.05) is 210 Å². The number of rotatable bonds is 33. The van der Waals surface area contributed by atoms with E-state index in [0.29, 0.717) is 11.5 Å². The largest absolute Gasteiger partial charge is 0.508 e. The Kier molecular flexibility index (Phi) is 23.5. The van der Waals surface area contributed by atoms with Gasteiger partial charge in [-0.15, -0.1) is 0 Å². The maximum atomic E-state index is 11.7. The Hall–Kier alpha value is -5.42. The van der Waals surface area contributed by atoms with E-state index >= 15 is 0 Å². The summed E-state index contributed by atoms with van der Waals surface area (Å²) < 4.78 is 25.7. The smallest absolute Gasteiger partial charge is 0.311 e. The number of aliphatic hydroxyl groups excluding tert-OH is 4. The van der Waals surface area contributed by atoms with Crippen molar-refractivity contribution in [2.45, 2.75) is 192 Å². The second-order valence-electron chi connectivity index (χ2n) is 29.6. The Morgan fingerprint density at radius 2 is 0.868 bits per heavy atom. The van der Waals surface area contributed by atoms with Gasteiger partial charge in [0.05, 0.1) is 34.8 Å². The molecule has 15 heteroatoms. The van der Waals surface area contributed by atoms with E-state index in [2.05, 4.69) is 214 Å². The number of benzene rings is 7. The number of phenols is 2. The van der Waals surface area contributed by atoms with E-state index in [-0.39, 0.29) is 31.8 Å². The molecule has 0 spiro atoms. The van der Waals surface area contributed by atoms with Crippen LogP contribution in [0.3, 0.4) is 0 Å². The number of ether oxygens (including phenoxy) is 2. The summed E-state index contributed by atoms with van der Waals surface area (Å²) >= 11 is 0. The highest BCUT2D eigenvalue weighted by molar-refractivity contribution is 6.91. The van der Waals surface area contributed by atoms with Gasteiger partial charge in [0, 0.05) is 5.41 Å². The maximum absolute atomic E-state index is 11.7. The van der Waals surface area contributed by atoms with Crippen LogP contribution in [0.25, 0.3) is 11.1 Å². The molecule has 0 radical (unpaired) electrons. The molecule has 490 valence electrons. The Morgan fingerprint density at radius 1 is 0.462 bits per heavy atom. The van der Waals surface area contributed by atoms with Gasteiger partial charge in [-0.25, -0.2) is 0 Å². The molecule has 7 aromatic rings. The van der Waals surface area contributed by atoms with E-state index in [1.54, 1.807) is 0 Å². The van der Waals surface area contributed by atoms with E-state index in [9.17, 15) is 30.6 Å². The zero-order valence-electron chi connectivity index (χ0n) is 57.1. The lowest BCUT2D eigenvalue weighted by molar-refractivity contribution is 0.0533. The number of aryl methyl sites for hydroxylation is 4. The Labute approximate surface area is 550 Å². The predicted molar refractivity (Wildman–Crippen MR) is 388 cm³/mol. The molecule has 2 unspecified atom stereocenters. The van der Waals surface area contributed by atoms with Crippen molar-refractivity contribution in [2.24, 2.45) is 0 Å². The maximum Gasteiger partial charge on any atom is 0.311 e. The van der Waals surface area contributed by atoms with Gasteiger partial charge in [0.25, 0.3) is 0 Å². The second-order valence-corrected chi connectivity index (χ2v) is 51.9. The minimum absolute atomic E-state index is 0.00383. The number of aliphatic hydroxyl groups is 4. The van der Waals surface area contributed by atoms with Crippen LogP contribution in [-0.2, 0) is 44.7 Å². The molecule has 0 amide bonds. The molecule has 0 aliphatic heterocycles. The molecule has 0 aromatic heterocycles. The van der Waals surface area contributed by atoms with Crippen molar-refractivity contribution in [1.29, 1.82) is 0 Å². The van der Waals surface area contributed by atoms with Crippen molar-refractivity contribution >= 4 is 51.7 Å². The Morgan fingerprint density at radius 3 is 1.29 bits per heavy atom. The summed E-state index contributed by atoms with van der Waals surface area (Å²) in [6.45, 7) is 31.5. The zero-order chi connectivity index (χ0) is 66.2. The lowest BCUT2D eigenvalue weighted by Crippen LogP contribution is -2.51. The van der Waals surface area contributed by atoms with Crippen molar-refractivity contribution in [2.75, 3.05) is 26.4 Å². The van der Waals surface area contributed by atoms with Crippen molar-refractivity contribution in [3.63, 3.8) is 0 Å². The van der Waals surface area contributed by atoms with E-state index in [1.807, 2.05) is 24.3 Å². The number of unbranched alkanes of at least 4 members (excludes halogenated alkanes) is 1. The summed E-state index contributed by atoms with van der Waals surface area (Å²) in [6.07, 6.45) is 6.04. The first kappa shape index (κ1) is 71.4. The number of hydrogen-bond donors (Lipinski definition) is 6. The van der Waals surface area contributed by atoms with Gasteiger partial charge in [0.1, 0.15) is 48.4 Å². The topological polar surface area (TPSA) is 158 Å². The van der Waals surface area contributed by atoms with Crippen LogP contribution in [0, 0.1) is 0 Å². The zero-order valence-corrected chi connectivity index (χ0v) is 62.1. The molecule has 8 rings (SSSR count). The van der Waals surface area contributed by atoms with Gasteiger partial charge in [0.15, 0.2) is 16.6 Å². The average molecular weight is 1320 g/mol. The highest BCUT2D eigenvalue weighted by atomic mass is 28.5. The second kappa shape index (κ2) is 29.9. The monoisotopic (exact) mass is 1320 g/mol. The fourth-order valence-corrected chi connectivity index (χ4v) is 32.0. The Bertz CT molecular complexity index is 3510. The molecule has 7 aromatic carbocycles. The van der Waals surface area contributed by atoms with Gasteiger partial charge in [-0.05, 0) is 181 Å². The Balaban J connectivity index is 0.970. The number of hydrogen-bond acceptors (Lipinski definition) is 10. The molecule has 0 bridgehead atoms. The minimum Gasteiger partial charge on any atom is -0.508 e. The number of fused-ring (bicyclic) bond motifs is 3. The fraction of sp³-hybridized carbons (Fsp3) is 0.447. The fourth-order valence-electron chi connectivity index (χ4n) is 14.0. The third-order valence-electron chi connectivity index (χ3n) is 18.9. The summed E-state index contributed by atoms with van der Waals surface area (Å²) in [5.41, 5.74) is 12.3. The third-order valence-corrected chi connectivity index (χ3v) is 36.0. The molecule has 91 heavy (non-hydrogen) atoms. The van der Waals surface area contributed by atoms with Crippen LogP contribution in [-0.4, -0.2) is 111 Å². The first-order valence-electron chi connectivity index (χ1n) is 33.4. The molecule has 0 saturated carbocycles. The summed E-state index contributed by atoms with van der Waals surface area (Å²) in [4.78, 5) is 0. The highest BCUT2D eigenvalue weighted by Crippen LogP contribution is 2.57. The van der Waals surface area contributed by atoms with Gasteiger partial charge >= 0.3 is 8.56 Å². The summed E-state index contributed by atoms with van der Waals surface area (Å²) in [5, 5.41) is 65.6. The summed E-state index contributed by atoms with van der Waals surface area (Å²) in [5.74, 6) is 2.09. The van der Waals surface area contributed by atoms with E-state index in [1.165, 1.54) is 32.6 Å². The molecule has 1 aliphatic carbocycles. The molecule has 1 aliphatic rings. The molecule has 0 heterocycles. The van der Waals surface area contributed by atoms with Gasteiger partial charge in [0.2, 0.25) is 0 Å². The predicted octanol–water partition coefficient (Wildman–Crippen LogP) is 15.4. The number of phenolic OH excluding ortho intramolecular Hbond substituents is 2. The molecule has 2 atom stereocenters. The SMILES string of the molecule is CCCCc1cc(C(C)(C)c2ccc(OCC(O)CO)c(CCC[Si](C)(C)c3ccc([Si](C)(C)CCCc4cc(C5(c6ccc(O)c(CCC[Si](C)(C)O[Si](C)(C)O[Si](C)(C)C)c6)c6ccccc6-c6ccccc65)ccc4O)cc3)c2)ccc1OCC(O)CO. The van der Waals surface area contributed by atoms with E-state index in [4.69, 9.17) is 17.7 Å². The third kappa shape index (κ3) is 17.5. The van der Waals surface area contributed by atoms with Gasteiger partial charge < -0.3 is 48.3 Å². The molecular weight excluding hydrogens is 1210 g/mol. The normalized spacial score (nSPS) is 14.3. The van der Waals surface area contributed by atoms with E-state index in [0.717, 1.165) is 132 Å². The minimum atomic E-state index is -2.30. The van der Waals surface area contributed by atoms with Crippen LogP contribution in [0.4, 0.5) is 0 Å². The van der Waals surface area contributed by atoms with Crippen LogP contribution in [0.1, 0.15) is 109 Å². The van der Waals surface area contributed by atoms with Crippen molar-refractivity contribution in [3.8, 4) is 34.1 Å². The first-order chi connectivity index (χ1) is 42.9. The lowest BCUT2D eigenvalue weighted by atomic mass is 9.67. The van der Waals surface area contributed by atoms with Crippen LogP contribution < -0.4 is 19.8 Å². The van der Waals surface area contributed by atoms with Crippen molar-refractivity contribution in [1.82, 2.24) is 0 Å². The molecule has 0 saturated heterocycles. The van der Waals surface area contributed by atoms with Gasteiger partial charge in [-0.2, -0.15) is 0 Å².